The molecule has 1 amide bonds. The van der Waals surface area contributed by atoms with Crippen molar-refractivity contribution in [2.24, 2.45) is 5.73 Å². The van der Waals surface area contributed by atoms with Crippen LogP contribution in [0.3, 0.4) is 0 Å². The summed E-state index contributed by atoms with van der Waals surface area (Å²) in [5.74, 6) is 0.237. The molecule has 3 fully saturated rings. The van der Waals surface area contributed by atoms with Crippen molar-refractivity contribution in [3.8, 4) is 0 Å². The van der Waals surface area contributed by atoms with Crippen molar-refractivity contribution in [3.05, 3.63) is 0 Å². The molecule has 0 spiro atoms. The largest absolute Gasteiger partial charge is 0.340 e. The molecule has 6 heteroatoms. The van der Waals surface area contributed by atoms with Gasteiger partial charge in [0, 0.05) is 19.1 Å². The second-order valence-electron chi connectivity index (χ2n) is 7.01. The van der Waals surface area contributed by atoms with Gasteiger partial charge in [-0.3, -0.25) is 9.69 Å². The highest BCUT2D eigenvalue weighted by Gasteiger charge is 2.40. The predicted octanol–water partition coefficient (Wildman–Crippen LogP) is 2.58. The molecular weight excluding hydrogens is 321 g/mol. The fourth-order valence-electron chi connectivity index (χ4n) is 4.26. The van der Waals surface area contributed by atoms with Crippen LogP contribution < -0.4 is 5.73 Å². The summed E-state index contributed by atoms with van der Waals surface area (Å²) in [4.78, 5) is 17.5. The highest BCUT2D eigenvalue weighted by molar-refractivity contribution is 5.86. The van der Waals surface area contributed by atoms with Crippen molar-refractivity contribution >= 4 is 30.7 Å². The second kappa shape index (κ2) is 8.72. The Labute approximate surface area is 147 Å². The Hall–Kier alpha value is -0.0300. The predicted molar refractivity (Wildman–Crippen MR) is 94.9 cm³/mol. The lowest BCUT2D eigenvalue weighted by atomic mass is 9.81. The first-order valence-corrected chi connectivity index (χ1v) is 8.51. The molecule has 0 aromatic rings. The van der Waals surface area contributed by atoms with Crippen LogP contribution in [0.5, 0.6) is 0 Å². The maximum Gasteiger partial charge on any atom is 0.242 e. The van der Waals surface area contributed by atoms with Gasteiger partial charge in [0.2, 0.25) is 5.91 Å². The van der Waals surface area contributed by atoms with Crippen molar-refractivity contribution in [1.82, 2.24) is 9.80 Å². The number of halogens is 2. The van der Waals surface area contributed by atoms with Gasteiger partial charge in [-0.1, -0.05) is 19.3 Å². The van der Waals surface area contributed by atoms with Crippen LogP contribution in [0.25, 0.3) is 0 Å². The van der Waals surface area contributed by atoms with Crippen molar-refractivity contribution in [3.63, 3.8) is 0 Å². The van der Waals surface area contributed by atoms with E-state index < -0.39 is 5.54 Å². The molecule has 2 N–H and O–H groups in total. The van der Waals surface area contributed by atoms with Crippen LogP contribution in [0.2, 0.25) is 0 Å². The van der Waals surface area contributed by atoms with Crippen LogP contribution in [-0.4, -0.2) is 53.5 Å². The average Bonchev–Trinajstić information content (AvgIpc) is 3.02. The van der Waals surface area contributed by atoms with Gasteiger partial charge in [0.15, 0.2) is 0 Å². The first kappa shape index (κ1) is 20.0. The standard InChI is InChI=1S/C16H29N3O.2ClH/c17-16(8-2-1-3-9-16)15(20)19-12-6-7-14(13-19)18-10-4-5-11-18;;/h14H,1-13,17H2;2*1H. The maximum absolute atomic E-state index is 12.8. The number of hydrogen-bond acceptors (Lipinski definition) is 3. The summed E-state index contributed by atoms with van der Waals surface area (Å²) in [6.45, 7) is 4.28. The lowest BCUT2D eigenvalue weighted by Crippen LogP contribution is -2.60. The summed E-state index contributed by atoms with van der Waals surface area (Å²) in [5.41, 5.74) is 5.88. The number of carbonyl (C=O) groups excluding carboxylic acids is 1. The monoisotopic (exact) mass is 351 g/mol. The van der Waals surface area contributed by atoms with Gasteiger partial charge < -0.3 is 10.6 Å². The maximum atomic E-state index is 12.8. The molecule has 4 nitrogen and oxygen atoms in total. The van der Waals surface area contributed by atoms with E-state index in [1.165, 1.54) is 38.8 Å². The molecule has 1 aliphatic carbocycles. The molecule has 0 aromatic heterocycles. The Bertz CT molecular complexity index is 355. The second-order valence-corrected chi connectivity index (χ2v) is 7.01. The normalized spacial score (nSPS) is 28.6. The molecule has 0 bridgehead atoms. The molecule has 1 unspecified atom stereocenters. The Morgan fingerprint density at radius 1 is 0.909 bits per heavy atom. The summed E-state index contributed by atoms with van der Waals surface area (Å²) < 4.78 is 0. The molecule has 0 radical (unpaired) electrons. The van der Waals surface area contributed by atoms with Crippen LogP contribution in [0.4, 0.5) is 0 Å². The molecule has 2 heterocycles. The average molecular weight is 352 g/mol. The van der Waals surface area contributed by atoms with Gasteiger partial charge in [-0.25, -0.2) is 0 Å². The first-order valence-electron chi connectivity index (χ1n) is 8.51. The Morgan fingerprint density at radius 2 is 1.55 bits per heavy atom. The lowest BCUT2D eigenvalue weighted by Gasteiger charge is -2.42. The number of likely N-dealkylation sites (tertiary alicyclic amines) is 2. The third kappa shape index (κ3) is 4.28. The van der Waals surface area contributed by atoms with E-state index in [1.54, 1.807) is 0 Å². The van der Waals surface area contributed by atoms with Gasteiger partial charge in [0.1, 0.15) is 0 Å². The number of rotatable bonds is 2. The molecule has 2 aliphatic heterocycles. The fourth-order valence-corrected chi connectivity index (χ4v) is 4.26. The molecule has 2 saturated heterocycles. The minimum atomic E-state index is -0.550. The van der Waals surface area contributed by atoms with E-state index in [0.717, 1.165) is 45.2 Å². The third-order valence-corrected chi connectivity index (χ3v) is 5.51. The number of amides is 1. The van der Waals surface area contributed by atoms with Crippen LogP contribution >= 0.6 is 24.8 Å². The summed E-state index contributed by atoms with van der Waals surface area (Å²) in [6.07, 6.45) is 10.3. The Morgan fingerprint density at radius 3 is 2.18 bits per heavy atom. The van der Waals surface area contributed by atoms with E-state index in [1.807, 2.05) is 0 Å². The van der Waals surface area contributed by atoms with Gasteiger partial charge in [-0.15, -0.1) is 24.8 Å². The van der Waals surface area contributed by atoms with Gasteiger partial charge in [0.05, 0.1) is 5.54 Å². The van der Waals surface area contributed by atoms with E-state index in [-0.39, 0.29) is 30.7 Å². The number of hydrogen-bond donors (Lipinski definition) is 1. The number of nitrogens with zero attached hydrogens (tertiary/aromatic N) is 2. The van der Waals surface area contributed by atoms with Gasteiger partial charge >= 0.3 is 0 Å². The number of carbonyl (C=O) groups is 1. The highest BCUT2D eigenvalue weighted by Crippen LogP contribution is 2.29. The smallest absolute Gasteiger partial charge is 0.242 e. The molecule has 130 valence electrons. The minimum Gasteiger partial charge on any atom is -0.340 e. The molecular formula is C16H31Cl2N3O. The molecule has 1 atom stereocenters. The fraction of sp³-hybridized carbons (Fsp3) is 0.938. The molecule has 3 aliphatic rings. The summed E-state index contributed by atoms with van der Waals surface area (Å²) >= 11 is 0. The number of piperidine rings is 1. The molecule has 0 aromatic carbocycles. The minimum absolute atomic E-state index is 0. The molecule has 1 saturated carbocycles. The van der Waals surface area contributed by atoms with Crippen molar-refractivity contribution in [2.45, 2.75) is 69.4 Å². The van der Waals surface area contributed by atoms with E-state index in [4.69, 9.17) is 5.73 Å². The SMILES string of the molecule is Cl.Cl.NC1(C(=O)N2CCCC(N3CCCC3)C2)CCCCC1. The lowest BCUT2D eigenvalue weighted by molar-refractivity contribution is -0.140. The molecule has 22 heavy (non-hydrogen) atoms. The quantitative estimate of drug-likeness (QED) is 0.831. The van der Waals surface area contributed by atoms with Crippen molar-refractivity contribution in [1.29, 1.82) is 0 Å². The zero-order valence-electron chi connectivity index (χ0n) is 13.5. The molecule has 3 rings (SSSR count). The number of nitrogens with two attached hydrogens (primary N) is 1. The van der Waals surface area contributed by atoms with Gasteiger partial charge in [-0.05, 0) is 51.6 Å². The van der Waals surface area contributed by atoms with E-state index in [9.17, 15) is 4.79 Å². The zero-order valence-corrected chi connectivity index (χ0v) is 15.1. The third-order valence-electron chi connectivity index (χ3n) is 5.51. The van der Waals surface area contributed by atoms with Gasteiger partial charge in [-0.2, -0.15) is 0 Å². The van der Waals surface area contributed by atoms with Crippen molar-refractivity contribution in [2.75, 3.05) is 26.2 Å². The van der Waals surface area contributed by atoms with Gasteiger partial charge in [0.25, 0.3) is 0 Å². The van der Waals surface area contributed by atoms with Crippen LogP contribution in [0.1, 0.15) is 57.8 Å². The first-order chi connectivity index (χ1) is 9.69. The highest BCUT2D eigenvalue weighted by atomic mass is 35.5. The van der Waals surface area contributed by atoms with Crippen LogP contribution in [0.15, 0.2) is 0 Å². The Balaban J connectivity index is 0.00000121. The van der Waals surface area contributed by atoms with Crippen LogP contribution in [-0.2, 0) is 4.79 Å². The van der Waals surface area contributed by atoms with E-state index >= 15 is 0 Å². The summed E-state index contributed by atoms with van der Waals surface area (Å²) in [6, 6.07) is 0.586. The zero-order chi connectivity index (χ0) is 14.0. The van der Waals surface area contributed by atoms with Crippen LogP contribution in [0, 0.1) is 0 Å². The summed E-state index contributed by atoms with van der Waals surface area (Å²) in [7, 11) is 0. The topological polar surface area (TPSA) is 49.6 Å². The van der Waals surface area contributed by atoms with E-state index in [2.05, 4.69) is 9.80 Å². The Kier molecular flexibility index (Phi) is 7.93. The van der Waals surface area contributed by atoms with E-state index in [0.29, 0.717) is 6.04 Å². The van der Waals surface area contributed by atoms with Crippen molar-refractivity contribution < 1.29 is 4.79 Å². The summed E-state index contributed by atoms with van der Waals surface area (Å²) in [5, 5.41) is 0.